The number of hydrogen-bond donors (Lipinski definition) is 2. The molecule has 2 aromatic rings. The van der Waals surface area contributed by atoms with Crippen molar-refractivity contribution in [2.24, 2.45) is 0 Å². The number of thiophene rings is 1. The molecule has 0 saturated carbocycles. The number of carbonyl (C=O) groups is 2. The highest BCUT2D eigenvalue weighted by molar-refractivity contribution is 8.00. The molecule has 9 heteroatoms. The number of aromatic nitrogens is 2. The maximum atomic E-state index is 11.9. The normalized spacial score (nSPS) is 12.2. The number of amides is 3. The highest BCUT2D eigenvalue weighted by Crippen LogP contribution is 2.28. The third-order valence-corrected chi connectivity index (χ3v) is 4.23. The second-order valence-corrected chi connectivity index (χ2v) is 6.97. The molecular formula is C13H16N4O3S2. The molecule has 7 nitrogen and oxygen atoms in total. The van der Waals surface area contributed by atoms with Crippen LogP contribution in [0.25, 0.3) is 10.8 Å². The first-order valence-corrected chi connectivity index (χ1v) is 8.37. The van der Waals surface area contributed by atoms with Gasteiger partial charge in [-0.05, 0) is 32.2 Å². The van der Waals surface area contributed by atoms with Crippen molar-refractivity contribution < 1.29 is 14.0 Å². The molecule has 2 heterocycles. The lowest BCUT2D eigenvalue weighted by molar-refractivity contribution is -0.119. The van der Waals surface area contributed by atoms with E-state index in [1.165, 1.54) is 11.3 Å². The number of rotatable bonds is 5. The maximum Gasteiger partial charge on any atom is 0.321 e. The van der Waals surface area contributed by atoms with Crippen molar-refractivity contribution in [2.75, 3.05) is 0 Å². The van der Waals surface area contributed by atoms with Gasteiger partial charge < -0.3 is 9.73 Å². The zero-order chi connectivity index (χ0) is 16.1. The van der Waals surface area contributed by atoms with Gasteiger partial charge in [0.15, 0.2) is 0 Å². The average molecular weight is 340 g/mol. The van der Waals surface area contributed by atoms with E-state index in [-0.39, 0.29) is 11.3 Å². The molecule has 0 aromatic carbocycles. The van der Waals surface area contributed by atoms with E-state index in [1.807, 2.05) is 31.4 Å². The van der Waals surface area contributed by atoms with Crippen LogP contribution in [0.4, 0.5) is 4.79 Å². The molecule has 0 unspecified atom stereocenters. The Labute approximate surface area is 135 Å². The fourth-order valence-electron chi connectivity index (χ4n) is 1.47. The van der Waals surface area contributed by atoms with E-state index in [2.05, 4.69) is 20.8 Å². The number of imide groups is 1. The molecule has 3 amide bonds. The number of carbonyl (C=O) groups excluding carboxylic acids is 2. The van der Waals surface area contributed by atoms with Gasteiger partial charge in [-0.25, -0.2) is 4.79 Å². The van der Waals surface area contributed by atoms with E-state index >= 15 is 0 Å². The first-order valence-electron chi connectivity index (χ1n) is 6.61. The second kappa shape index (κ2) is 7.41. The van der Waals surface area contributed by atoms with Crippen molar-refractivity contribution in [1.29, 1.82) is 0 Å². The van der Waals surface area contributed by atoms with Gasteiger partial charge in [-0.1, -0.05) is 17.8 Å². The van der Waals surface area contributed by atoms with Crippen molar-refractivity contribution in [1.82, 2.24) is 20.8 Å². The van der Waals surface area contributed by atoms with E-state index in [0.29, 0.717) is 5.89 Å². The van der Waals surface area contributed by atoms with Crippen LogP contribution in [0.15, 0.2) is 27.2 Å². The zero-order valence-corrected chi connectivity index (χ0v) is 14.0. The van der Waals surface area contributed by atoms with Crippen LogP contribution in [-0.4, -0.2) is 33.4 Å². The molecule has 1 atom stereocenters. The summed E-state index contributed by atoms with van der Waals surface area (Å²) in [6, 6.07) is 3.21. The predicted octanol–water partition coefficient (Wildman–Crippen LogP) is 2.51. The lowest BCUT2D eigenvalue weighted by Gasteiger charge is -2.11. The Kier molecular flexibility index (Phi) is 5.56. The summed E-state index contributed by atoms with van der Waals surface area (Å²) < 4.78 is 5.49. The Bertz CT molecular complexity index is 640. The minimum absolute atomic E-state index is 0.0416. The van der Waals surface area contributed by atoms with Gasteiger partial charge in [0, 0.05) is 6.04 Å². The molecule has 0 saturated heterocycles. The molecule has 0 aliphatic carbocycles. The first kappa shape index (κ1) is 16.5. The number of nitrogens with zero attached hydrogens (tertiary/aromatic N) is 2. The van der Waals surface area contributed by atoms with Gasteiger partial charge in [0.1, 0.15) is 0 Å². The van der Waals surface area contributed by atoms with Crippen molar-refractivity contribution in [3.05, 3.63) is 17.5 Å². The van der Waals surface area contributed by atoms with Crippen LogP contribution in [0, 0.1) is 0 Å². The molecule has 22 heavy (non-hydrogen) atoms. The Balaban J connectivity index is 1.90. The van der Waals surface area contributed by atoms with Crippen LogP contribution >= 0.6 is 23.1 Å². The van der Waals surface area contributed by atoms with E-state index in [0.717, 1.165) is 16.6 Å². The van der Waals surface area contributed by atoms with Crippen molar-refractivity contribution in [3.63, 3.8) is 0 Å². The van der Waals surface area contributed by atoms with E-state index in [1.54, 1.807) is 6.92 Å². The topological polar surface area (TPSA) is 97.1 Å². The first-order chi connectivity index (χ1) is 10.5. The Morgan fingerprint density at radius 2 is 2.09 bits per heavy atom. The molecule has 0 spiro atoms. The monoisotopic (exact) mass is 340 g/mol. The summed E-state index contributed by atoms with van der Waals surface area (Å²) in [7, 11) is 0. The van der Waals surface area contributed by atoms with Crippen molar-refractivity contribution in [3.8, 4) is 10.8 Å². The minimum Gasteiger partial charge on any atom is -0.410 e. The summed E-state index contributed by atoms with van der Waals surface area (Å²) >= 11 is 2.59. The minimum atomic E-state index is -0.533. The summed E-state index contributed by atoms with van der Waals surface area (Å²) in [5, 5.41) is 14.3. The molecule has 0 radical (unpaired) electrons. The summed E-state index contributed by atoms with van der Waals surface area (Å²) in [6.07, 6.45) is 0. The third kappa shape index (κ3) is 4.57. The molecule has 2 N–H and O–H groups in total. The number of urea groups is 1. The molecule has 0 fully saturated rings. The second-order valence-electron chi connectivity index (χ2n) is 4.73. The molecule has 0 aliphatic heterocycles. The van der Waals surface area contributed by atoms with Gasteiger partial charge in [0.2, 0.25) is 5.91 Å². The van der Waals surface area contributed by atoms with Gasteiger partial charge in [0.05, 0.1) is 10.1 Å². The summed E-state index contributed by atoms with van der Waals surface area (Å²) in [5.41, 5.74) is 0. The lowest BCUT2D eigenvalue weighted by atomic mass is 10.4. The van der Waals surface area contributed by atoms with E-state index in [4.69, 9.17) is 4.42 Å². The predicted molar refractivity (Wildman–Crippen MR) is 84.7 cm³/mol. The smallest absolute Gasteiger partial charge is 0.321 e. The van der Waals surface area contributed by atoms with Gasteiger partial charge in [0.25, 0.3) is 11.1 Å². The standard InChI is InChI=1S/C13H16N4O3S2/c1-7(2)14-12(19)15-10(18)8(3)22-13-17-16-11(20-13)9-5-4-6-21-9/h4-8H,1-3H3,(H2,14,15,18,19)/t8-/m0/s1. The molecule has 2 rings (SSSR count). The summed E-state index contributed by atoms with van der Waals surface area (Å²) in [4.78, 5) is 24.2. The van der Waals surface area contributed by atoms with Gasteiger partial charge in [-0.2, -0.15) is 0 Å². The quantitative estimate of drug-likeness (QED) is 0.812. The molecule has 2 aromatic heterocycles. The largest absolute Gasteiger partial charge is 0.410 e. The number of thioether (sulfide) groups is 1. The van der Waals surface area contributed by atoms with Crippen LogP contribution in [-0.2, 0) is 4.79 Å². The van der Waals surface area contributed by atoms with Crippen LogP contribution in [0.3, 0.4) is 0 Å². The van der Waals surface area contributed by atoms with Gasteiger partial charge in [-0.15, -0.1) is 21.5 Å². The summed E-state index contributed by atoms with van der Waals surface area (Å²) in [5.74, 6) is 0.00156. The van der Waals surface area contributed by atoms with Crippen LogP contribution in [0.1, 0.15) is 20.8 Å². The summed E-state index contributed by atoms with van der Waals surface area (Å²) in [6.45, 7) is 5.29. The number of hydrogen-bond acceptors (Lipinski definition) is 7. The van der Waals surface area contributed by atoms with Crippen LogP contribution < -0.4 is 10.6 Å². The molecular weight excluding hydrogens is 324 g/mol. The SMILES string of the molecule is CC(C)NC(=O)NC(=O)[C@H](C)Sc1nnc(-c2cccs2)o1. The zero-order valence-electron chi connectivity index (χ0n) is 12.3. The Hall–Kier alpha value is -1.87. The third-order valence-electron chi connectivity index (χ3n) is 2.44. The molecule has 0 bridgehead atoms. The Morgan fingerprint density at radius 1 is 1.32 bits per heavy atom. The maximum absolute atomic E-state index is 11.9. The highest BCUT2D eigenvalue weighted by atomic mass is 32.2. The van der Waals surface area contributed by atoms with Gasteiger partial charge >= 0.3 is 6.03 Å². The molecule has 118 valence electrons. The van der Waals surface area contributed by atoms with Crippen molar-refractivity contribution >= 4 is 35.0 Å². The van der Waals surface area contributed by atoms with Crippen LogP contribution in [0.2, 0.25) is 0 Å². The van der Waals surface area contributed by atoms with E-state index in [9.17, 15) is 9.59 Å². The number of nitrogens with one attached hydrogen (secondary N) is 2. The fourth-order valence-corrected chi connectivity index (χ4v) is 2.80. The Morgan fingerprint density at radius 3 is 2.73 bits per heavy atom. The lowest BCUT2D eigenvalue weighted by Crippen LogP contribution is -2.45. The van der Waals surface area contributed by atoms with E-state index < -0.39 is 17.2 Å². The van der Waals surface area contributed by atoms with Crippen molar-refractivity contribution in [2.45, 2.75) is 37.3 Å². The highest BCUT2D eigenvalue weighted by Gasteiger charge is 2.20. The van der Waals surface area contributed by atoms with Gasteiger partial charge in [-0.3, -0.25) is 10.1 Å². The molecule has 0 aliphatic rings. The average Bonchev–Trinajstić information content (AvgIpc) is 3.07. The van der Waals surface area contributed by atoms with Crippen LogP contribution in [0.5, 0.6) is 0 Å². The fraction of sp³-hybridized carbons (Fsp3) is 0.385.